The van der Waals surface area contributed by atoms with Crippen LogP contribution in [0.3, 0.4) is 0 Å². The number of guanidine groups is 1. The third-order valence-electron chi connectivity index (χ3n) is 6.80. The summed E-state index contributed by atoms with van der Waals surface area (Å²) in [6.45, 7) is 4.90. The van der Waals surface area contributed by atoms with Crippen molar-refractivity contribution in [1.29, 1.82) is 5.41 Å². The van der Waals surface area contributed by atoms with Gasteiger partial charge in [0.15, 0.2) is 5.96 Å². The average Bonchev–Trinajstić information content (AvgIpc) is 3.36. The largest absolute Gasteiger partial charge is 0.370 e. The second-order valence-corrected chi connectivity index (χ2v) is 9.47. The summed E-state index contributed by atoms with van der Waals surface area (Å²) in [5.74, 6) is -0.0378. The highest BCUT2D eigenvalue weighted by molar-refractivity contribution is 5.84. The van der Waals surface area contributed by atoms with Gasteiger partial charge in [0.2, 0.25) is 5.91 Å². The van der Waals surface area contributed by atoms with Crippen molar-refractivity contribution in [3.63, 3.8) is 0 Å². The number of piperazine rings is 1. The summed E-state index contributed by atoms with van der Waals surface area (Å²) in [6.07, 6.45) is 5.65. The molecule has 2 aromatic carbocycles. The molecule has 0 saturated carbocycles. The van der Waals surface area contributed by atoms with Crippen LogP contribution in [-0.4, -0.2) is 69.4 Å². The fraction of sp³-hybridized carbons (Fsp3) is 0.423. The molecule has 0 unspecified atom stereocenters. The van der Waals surface area contributed by atoms with Gasteiger partial charge in [0.1, 0.15) is 0 Å². The van der Waals surface area contributed by atoms with Crippen LogP contribution in [0.25, 0.3) is 10.8 Å². The van der Waals surface area contributed by atoms with E-state index in [1.54, 1.807) is 6.33 Å². The highest BCUT2D eigenvalue weighted by Crippen LogP contribution is 2.23. The molecular formula is C26H36N8O. The van der Waals surface area contributed by atoms with Gasteiger partial charge in [-0.25, -0.2) is 4.98 Å². The van der Waals surface area contributed by atoms with Crippen molar-refractivity contribution < 1.29 is 4.79 Å². The van der Waals surface area contributed by atoms with E-state index >= 15 is 0 Å². The molecule has 35 heavy (non-hydrogen) atoms. The molecule has 1 fully saturated rings. The van der Waals surface area contributed by atoms with Crippen LogP contribution in [0.1, 0.15) is 31.0 Å². The quantitative estimate of drug-likeness (QED) is 0.181. The number of benzene rings is 2. The number of carbonyl (C=O) groups excluding carboxylic acids is 1. The summed E-state index contributed by atoms with van der Waals surface area (Å²) in [7, 11) is 0. The molecule has 7 N–H and O–H groups in total. The fourth-order valence-corrected chi connectivity index (χ4v) is 4.91. The van der Waals surface area contributed by atoms with Crippen molar-refractivity contribution in [3.05, 3.63) is 66.2 Å². The molecule has 2 heterocycles. The van der Waals surface area contributed by atoms with Crippen LogP contribution < -0.4 is 16.8 Å². The maximum atomic E-state index is 13.6. The lowest BCUT2D eigenvalue weighted by Gasteiger charge is -2.46. The van der Waals surface area contributed by atoms with Crippen LogP contribution in [0.4, 0.5) is 0 Å². The van der Waals surface area contributed by atoms with Crippen molar-refractivity contribution in [1.82, 2.24) is 25.1 Å². The van der Waals surface area contributed by atoms with E-state index in [0.29, 0.717) is 19.5 Å². The van der Waals surface area contributed by atoms with Crippen molar-refractivity contribution in [3.8, 4) is 0 Å². The molecule has 1 aromatic heterocycles. The van der Waals surface area contributed by atoms with Crippen molar-refractivity contribution >= 4 is 22.6 Å². The van der Waals surface area contributed by atoms with Crippen molar-refractivity contribution in [2.24, 2.45) is 11.5 Å². The lowest BCUT2D eigenvalue weighted by molar-refractivity contribution is -0.139. The van der Waals surface area contributed by atoms with Crippen LogP contribution >= 0.6 is 0 Å². The molecule has 3 atom stereocenters. The Kier molecular flexibility index (Phi) is 7.99. The minimum absolute atomic E-state index is 0.00396. The van der Waals surface area contributed by atoms with Gasteiger partial charge < -0.3 is 26.7 Å². The molecule has 9 heteroatoms. The van der Waals surface area contributed by atoms with E-state index in [4.69, 9.17) is 16.9 Å². The zero-order valence-electron chi connectivity index (χ0n) is 20.3. The molecule has 1 amide bonds. The number of H-pyrrole nitrogens is 1. The topological polar surface area (TPSA) is 140 Å². The Labute approximate surface area is 206 Å². The Bertz CT molecular complexity index is 1130. The van der Waals surface area contributed by atoms with Gasteiger partial charge in [-0.1, -0.05) is 42.5 Å². The third kappa shape index (κ3) is 6.37. The Hall–Kier alpha value is -3.43. The van der Waals surface area contributed by atoms with Crippen LogP contribution in [0.5, 0.6) is 0 Å². The molecule has 1 saturated heterocycles. The van der Waals surface area contributed by atoms with Gasteiger partial charge in [0, 0.05) is 50.2 Å². The van der Waals surface area contributed by atoms with Gasteiger partial charge in [-0.15, -0.1) is 0 Å². The predicted molar refractivity (Wildman–Crippen MR) is 139 cm³/mol. The van der Waals surface area contributed by atoms with Gasteiger partial charge in [0.25, 0.3) is 0 Å². The smallest absolute Gasteiger partial charge is 0.240 e. The van der Waals surface area contributed by atoms with Gasteiger partial charge in [-0.05, 0) is 42.5 Å². The Balaban J connectivity index is 1.44. The molecule has 1 aliphatic rings. The van der Waals surface area contributed by atoms with E-state index in [-0.39, 0.29) is 24.0 Å². The highest BCUT2D eigenvalue weighted by Gasteiger charge is 2.36. The monoisotopic (exact) mass is 476 g/mol. The van der Waals surface area contributed by atoms with Crippen LogP contribution in [-0.2, 0) is 17.8 Å². The molecule has 9 nitrogen and oxygen atoms in total. The molecule has 3 aromatic rings. The van der Waals surface area contributed by atoms with E-state index in [9.17, 15) is 4.79 Å². The third-order valence-corrected chi connectivity index (χ3v) is 6.80. The van der Waals surface area contributed by atoms with Crippen molar-refractivity contribution in [2.45, 2.75) is 50.9 Å². The lowest BCUT2D eigenvalue weighted by atomic mass is 9.98. The standard InChI is InChI=1S/C26H36N8O/c1-18-14-34(25(35)24(27)12-19-8-9-20-5-2-3-6-21(20)11-19)23(7-4-10-31-26(28)29)16-33(18)15-22-13-30-17-32-22/h2-3,5-6,8-9,11,13,17-18,23-24H,4,7,10,12,14-16,27H2,1H3,(H,30,32)(H4,28,29,31)/t18-,23+,24-/m1/s1. The highest BCUT2D eigenvalue weighted by atomic mass is 16.2. The molecule has 0 spiro atoms. The number of nitrogens with two attached hydrogens (primary N) is 2. The van der Waals surface area contributed by atoms with E-state index in [1.165, 1.54) is 5.39 Å². The number of hydrogen-bond donors (Lipinski definition) is 5. The first-order valence-corrected chi connectivity index (χ1v) is 12.2. The number of carbonyl (C=O) groups is 1. The minimum atomic E-state index is -0.597. The Morgan fingerprint density at radius 1 is 1.26 bits per heavy atom. The first kappa shape index (κ1) is 24.7. The second kappa shape index (κ2) is 11.3. The van der Waals surface area contributed by atoms with E-state index in [0.717, 1.165) is 42.6 Å². The number of rotatable bonds is 9. The SMILES string of the molecule is C[C@@H]1CN(C(=O)[C@H](N)Cc2ccc3ccccc3c2)[C@@H](CCCNC(=N)N)CN1Cc1cnc[nH]1. The summed E-state index contributed by atoms with van der Waals surface area (Å²) < 4.78 is 0. The van der Waals surface area contributed by atoms with Gasteiger partial charge in [0.05, 0.1) is 12.4 Å². The normalized spacial score (nSPS) is 19.5. The van der Waals surface area contributed by atoms with Gasteiger partial charge in [-0.3, -0.25) is 15.1 Å². The molecule has 4 rings (SSSR count). The maximum absolute atomic E-state index is 13.6. The molecule has 0 bridgehead atoms. The molecular weight excluding hydrogens is 440 g/mol. The summed E-state index contributed by atoms with van der Waals surface area (Å²) in [4.78, 5) is 25.3. The van der Waals surface area contributed by atoms with Crippen molar-refractivity contribution in [2.75, 3.05) is 19.6 Å². The van der Waals surface area contributed by atoms with E-state index in [2.05, 4.69) is 57.4 Å². The second-order valence-electron chi connectivity index (χ2n) is 9.47. The predicted octanol–water partition coefficient (Wildman–Crippen LogP) is 1.80. The number of nitrogens with zero attached hydrogens (tertiary/aromatic N) is 3. The number of aromatic nitrogens is 2. The maximum Gasteiger partial charge on any atom is 0.240 e. The first-order chi connectivity index (χ1) is 16.9. The molecule has 0 aliphatic carbocycles. The number of amides is 1. The number of aromatic amines is 1. The summed E-state index contributed by atoms with van der Waals surface area (Å²) in [6, 6.07) is 14.1. The van der Waals surface area contributed by atoms with Crippen LogP contribution in [0.15, 0.2) is 55.0 Å². The average molecular weight is 477 g/mol. The number of fused-ring (bicyclic) bond motifs is 1. The molecule has 0 radical (unpaired) electrons. The fourth-order valence-electron chi connectivity index (χ4n) is 4.91. The molecule has 186 valence electrons. The Morgan fingerprint density at radius 2 is 2.06 bits per heavy atom. The number of hydrogen-bond acceptors (Lipinski definition) is 5. The number of nitrogens with one attached hydrogen (secondary N) is 3. The van der Waals surface area contributed by atoms with E-state index in [1.807, 2.05) is 23.2 Å². The first-order valence-electron chi connectivity index (χ1n) is 12.2. The zero-order valence-corrected chi connectivity index (χ0v) is 20.3. The van der Waals surface area contributed by atoms with Gasteiger partial charge in [-0.2, -0.15) is 0 Å². The van der Waals surface area contributed by atoms with Gasteiger partial charge >= 0.3 is 0 Å². The summed E-state index contributed by atoms with van der Waals surface area (Å²) in [5, 5.41) is 12.6. The Morgan fingerprint density at radius 3 is 2.80 bits per heavy atom. The summed E-state index contributed by atoms with van der Waals surface area (Å²) >= 11 is 0. The molecule has 1 aliphatic heterocycles. The lowest BCUT2D eigenvalue weighted by Crippen LogP contribution is -2.61. The minimum Gasteiger partial charge on any atom is -0.370 e. The number of imidazole rings is 1. The zero-order chi connectivity index (χ0) is 24.8. The summed E-state index contributed by atoms with van der Waals surface area (Å²) in [5.41, 5.74) is 14.0. The van der Waals surface area contributed by atoms with Crippen LogP contribution in [0.2, 0.25) is 0 Å². The van der Waals surface area contributed by atoms with E-state index < -0.39 is 6.04 Å². The van der Waals surface area contributed by atoms with Crippen LogP contribution in [0, 0.1) is 5.41 Å².